The Hall–Kier alpha value is -2.94. The number of amides is 1. The van der Waals surface area contributed by atoms with Gasteiger partial charge >= 0.3 is 0 Å². The van der Waals surface area contributed by atoms with E-state index in [4.69, 9.17) is 9.47 Å². The molecule has 0 saturated carbocycles. The molecule has 0 spiro atoms. The fourth-order valence-corrected chi connectivity index (χ4v) is 3.33. The molecule has 3 rings (SSSR count). The van der Waals surface area contributed by atoms with Crippen LogP contribution >= 0.6 is 0 Å². The van der Waals surface area contributed by atoms with Crippen LogP contribution in [0.4, 0.5) is 8.78 Å². The molecule has 0 bridgehead atoms. The standard InChI is InChI=1S/C18H15F2NO5S/c19-14-3-1-4-15(20)13(14)6-8-18(22)21-27(23,24)12-5-7-16-17(11-12)26-10-2-9-25-16/h1,3-8,11H,2,9-10H2,(H,21,22). The van der Waals surface area contributed by atoms with E-state index in [0.29, 0.717) is 25.4 Å². The Morgan fingerprint density at radius 2 is 1.70 bits per heavy atom. The molecule has 1 aliphatic rings. The SMILES string of the molecule is O=C(C=Cc1c(F)cccc1F)NS(=O)(=O)c1ccc2c(c1)OCCCO2. The Balaban J connectivity index is 1.77. The van der Waals surface area contributed by atoms with Crippen LogP contribution in [0.2, 0.25) is 0 Å². The number of fused-ring (bicyclic) bond motifs is 1. The van der Waals surface area contributed by atoms with Crippen molar-refractivity contribution in [1.82, 2.24) is 4.72 Å². The van der Waals surface area contributed by atoms with Crippen molar-refractivity contribution in [2.45, 2.75) is 11.3 Å². The second kappa shape index (κ2) is 7.75. The molecule has 0 saturated heterocycles. The van der Waals surface area contributed by atoms with Gasteiger partial charge in [0.25, 0.3) is 15.9 Å². The maximum Gasteiger partial charge on any atom is 0.264 e. The van der Waals surface area contributed by atoms with Crippen molar-refractivity contribution in [3.63, 3.8) is 0 Å². The van der Waals surface area contributed by atoms with E-state index < -0.39 is 33.1 Å². The summed E-state index contributed by atoms with van der Waals surface area (Å²) in [6.07, 6.45) is 2.26. The van der Waals surface area contributed by atoms with Gasteiger partial charge in [0.2, 0.25) is 0 Å². The smallest absolute Gasteiger partial charge is 0.264 e. The maximum absolute atomic E-state index is 13.5. The number of ether oxygens (including phenoxy) is 2. The minimum atomic E-state index is -4.20. The Bertz CT molecular complexity index is 985. The first kappa shape index (κ1) is 18.8. The van der Waals surface area contributed by atoms with Crippen LogP contribution in [-0.2, 0) is 14.8 Å². The molecule has 27 heavy (non-hydrogen) atoms. The zero-order valence-electron chi connectivity index (χ0n) is 13.9. The molecule has 6 nitrogen and oxygen atoms in total. The van der Waals surface area contributed by atoms with Crippen molar-refractivity contribution >= 4 is 22.0 Å². The van der Waals surface area contributed by atoms with Gasteiger partial charge in [0.15, 0.2) is 11.5 Å². The third-order valence-electron chi connectivity index (χ3n) is 3.67. The van der Waals surface area contributed by atoms with Gasteiger partial charge in [0.1, 0.15) is 11.6 Å². The van der Waals surface area contributed by atoms with E-state index in [0.717, 1.165) is 24.3 Å². The first-order valence-corrected chi connectivity index (χ1v) is 9.44. The van der Waals surface area contributed by atoms with Crippen molar-refractivity contribution in [3.8, 4) is 11.5 Å². The van der Waals surface area contributed by atoms with Gasteiger partial charge in [-0.15, -0.1) is 0 Å². The number of hydrogen-bond acceptors (Lipinski definition) is 5. The number of hydrogen-bond donors (Lipinski definition) is 1. The van der Waals surface area contributed by atoms with Crippen LogP contribution in [0.25, 0.3) is 6.08 Å². The lowest BCUT2D eigenvalue weighted by atomic mass is 10.2. The molecule has 0 atom stereocenters. The molecule has 0 radical (unpaired) electrons. The maximum atomic E-state index is 13.5. The van der Waals surface area contributed by atoms with E-state index in [1.165, 1.54) is 24.3 Å². The Morgan fingerprint density at radius 1 is 1.04 bits per heavy atom. The molecule has 0 fully saturated rings. The molecule has 1 N–H and O–H groups in total. The van der Waals surface area contributed by atoms with Gasteiger partial charge in [0.05, 0.1) is 18.1 Å². The number of rotatable bonds is 4. The summed E-state index contributed by atoms with van der Waals surface area (Å²) in [5.74, 6) is -2.13. The molecule has 2 aromatic rings. The van der Waals surface area contributed by atoms with E-state index >= 15 is 0 Å². The number of sulfonamides is 1. The normalized spacial score (nSPS) is 14.0. The highest BCUT2D eigenvalue weighted by Crippen LogP contribution is 2.31. The zero-order valence-corrected chi connectivity index (χ0v) is 14.8. The minimum absolute atomic E-state index is 0.203. The summed E-state index contributed by atoms with van der Waals surface area (Å²) in [4.78, 5) is 11.7. The van der Waals surface area contributed by atoms with Crippen molar-refractivity contribution in [3.05, 3.63) is 59.7 Å². The third kappa shape index (κ3) is 4.43. The molecule has 0 aliphatic carbocycles. The van der Waals surface area contributed by atoms with Gasteiger partial charge in [-0.25, -0.2) is 21.9 Å². The summed E-state index contributed by atoms with van der Waals surface area (Å²) in [5, 5.41) is 0. The quantitative estimate of drug-likeness (QED) is 0.805. The summed E-state index contributed by atoms with van der Waals surface area (Å²) in [6.45, 7) is 0.826. The second-order valence-corrected chi connectivity index (χ2v) is 7.28. The van der Waals surface area contributed by atoms with Gasteiger partial charge in [-0.2, -0.15) is 0 Å². The van der Waals surface area contributed by atoms with Crippen molar-refractivity contribution in [2.75, 3.05) is 13.2 Å². The average molecular weight is 395 g/mol. The highest BCUT2D eigenvalue weighted by molar-refractivity contribution is 7.90. The molecule has 1 amide bonds. The van der Waals surface area contributed by atoms with Crippen molar-refractivity contribution in [2.24, 2.45) is 0 Å². The van der Waals surface area contributed by atoms with Crippen LogP contribution < -0.4 is 14.2 Å². The van der Waals surface area contributed by atoms with Crippen molar-refractivity contribution < 1.29 is 31.5 Å². The van der Waals surface area contributed by atoms with E-state index in [-0.39, 0.29) is 10.6 Å². The van der Waals surface area contributed by atoms with Crippen LogP contribution in [0.5, 0.6) is 11.5 Å². The largest absolute Gasteiger partial charge is 0.490 e. The lowest BCUT2D eigenvalue weighted by Crippen LogP contribution is -2.29. The first-order valence-electron chi connectivity index (χ1n) is 7.95. The van der Waals surface area contributed by atoms with Crippen LogP contribution in [-0.4, -0.2) is 27.5 Å². The Morgan fingerprint density at radius 3 is 2.41 bits per heavy atom. The van der Waals surface area contributed by atoms with Gasteiger partial charge in [-0.1, -0.05) is 6.07 Å². The molecule has 0 unspecified atom stereocenters. The number of carbonyl (C=O) groups is 1. The molecule has 1 heterocycles. The van der Waals surface area contributed by atoms with Crippen LogP contribution in [0.1, 0.15) is 12.0 Å². The van der Waals surface area contributed by atoms with E-state index in [2.05, 4.69) is 0 Å². The van der Waals surface area contributed by atoms with Gasteiger partial charge < -0.3 is 9.47 Å². The van der Waals surface area contributed by atoms with Crippen LogP contribution in [0.3, 0.4) is 0 Å². The molecule has 1 aliphatic heterocycles. The van der Waals surface area contributed by atoms with E-state index in [9.17, 15) is 22.0 Å². The summed E-state index contributed by atoms with van der Waals surface area (Å²) in [5.41, 5.74) is -0.444. The van der Waals surface area contributed by atoms with E-state index in [1.807, 2.05) is 4.72 Å². The minimum Gasteiger partial charge on any atom is -0.490 e. The fourth-order valence-electron chi connectivity index (χ4n) is 2.37. The summed E-state index contributed by atoms with van der Waals surface area (Å²) >= 11 is 0. The zero-order chi connectivity index (χ0) is 19.4. The topological polar surface area (TPSA) is 81.7 Å². The Kier molecular flexibility index (Phi) is 5.41. The molecule has 142 valence electrons. The third-order valence-corrected chi connectivity index (χ3v) is 5.01. The van der Waals surface area contributed by atoms with E-state index in [1.54, 1.807) is 0 Å². The summed E-state index contributed by atoms with van der Waals surface area (Å²) in [7, 11) is -4.20. The molecule has 0 aromatic heterocycles. The van der Waals surface area contributed by atoms with Crippen LogP contribution in [0, 0.1) is 11.6 Å². The highest BCUT2D eigenvalue weighted by Gasteiger charge is 2.20. The number of carbonyl (C=O) groups excluding carboxylic acids is 1. The van der Waals surface area contributed by atoms with Crippen molar-refractivity contribution in [1.29, 1.82) is 0 Å². The fraction of sp³-hybridized carbons (Fsp3) is 0.167. The monoisotopic (exact) mass is 395 g/mol. The van der Waals surface area contributed by atoms with Gasteiger partial charge in [-0.3, -0.25) is 4.79 Å². The number of halogens is 2. The summed E-state index contributed by atoms with van der Waals surface area (Å²) in [6, 6.07) is 7.17. The number of nitrogens with one attached hydrogen (secondary N) is 1. The Labute approximate surface area is 154 Å². The second-order valence-electron chi connectivity index (χ2n) is 5.60. The number of benzene rings is 2. The average Bonchev–Trinajstić information content (AvgIpc) is 2.85. The van der Waals surface area contributed by atoms with Crippen LogP contribution in [0.15, 0.2) is 47.4 Å². The lowest BCUT2D eigenvalue weighted by Gasteiger charge is -2.10. The predicted molar refractivity (Wildman–Crippen MR) is 92.8 cm³/mol. The first-order chi connectivity index (χ1) is 12.9. The summed E-state index contributed by atoms with van der Waals surface area (Å²) < 4.78 is 64.4. The van der Waals surface area contributed by atoms with Gasteiger partial charge in [0, 0.05) is 24.1 Å². The molecule has 2 aromatic carbocycles. The molecular formula is C18H15F2NO5S. The molecular weight excluding hydrogens is 380 g/mol. The van der Waals surface area contributed by atoms with Gasteiger partial charge in [-0.05, 0) is 30.3 Å². The molecule has 9 heteroatoms. The predicted octanol–water partition coefficient (Wildman–Crippen LogP) is 2.64. The lowest BCUT2D eigenvalue weighted by molar-refractivity contribution is -0.114. The highest BCUT2D eigenvalue weighted by atomic mass is 32.2.